The number of fused-ring (bicyclic) bond motifs is 2. The van der Waals surface area contributed by atoms with Gasteiger partial charge in [-0.1, -0.05) is 36.4 Å². The summed E-state index contributed by atoms with van der Waals surface area (Å²) in [6.07, 6.45) is 1.54. The van der Waals surface area contributed by atoms with Crippen LogP contribution < -0.4 is 9.47 Å². The number of aliphatic carboxylic acids is 1. The van der Waals surface area contributed by atoms with Crippen molar-refractivity contribution < 1.29 is 36.2 Å². The summed E-state index contributed by atoms with van der Waals surface area (Å²) in [5.74, 6) is 0.384. The average Bonchev–Trinajstić information content (AvgIpc) is 3.10. The molecule has 280 valence electrons. The molecule has 0 amide bonds. The molecule has 0 saturated heterocycles. The Balaban J connectivity index is 0.000000204. The van der Waals surface area contributed by atoms with Gasteiger partial charge < -0.3 is 14.6 Å². The number of nitriles is 1. The van der Waals surface area contributed by atoms with E-state index in [9.17, 15) is 21.6 Å². The first-order valence-corrected chi connectivity index (χ1v) is 20.1. The minimum Gasteiger partial charge on any atom is -0.497 e. The zero-order valence-electron chi connectivity index (χ0n) is 30.9. The van der Waals surface area contributed by atoms with Crippen molar-refractivity contribution in [3.05, 3.63) is 116 Å². The molecule has 0 aliphatic carbocycles. The van der Waals surface area contributed by atoms with Gasteiger partial charge in [-0.15, -0.1) is 0 Å². The van der Waals surface area contributed by atoms with Gasteiger partial charge in [-0.05, 0) is 120 Å². The Hall–Kier alpha value is -4.74. The summed E-state index contributed by atoms with van der Waals surface area (Å²) in [5.41, 5.74) is 8.34. The highest BCUT2D eigenvalue weighted by molar-refractivity contribution is 7.89. The third-order valence-electron chi connectivity index (χ3n) is 9.67. The number of ether oxygens (including phenoxy) is 2. The highest BCUT2D eigenvalue weighted by Gasteiger charge is 2.32. The molecule has 0 atom stereocenters. The summed E-state index contributed by atoms with van der Waals surface area (Å²) in [6.45, 7) is 8.57. The quantitative estimate of drug-likeness (QED) is 0.223. The van der Waals surface area contributed by atoms with Gasteiger partial charge in [0.25, 0.3) is 0 Å². The maximum atomic E-state index is 13.3. The van der Waals surface area contributed by atoms with E-state index < -0.39 is 26.0 Å². The number of sulfonamides is 2. The summed E-state index contributed by atoms with van der Waals surface area (Å²) in [7, 11) is -4.14. The van der Waals surface area contributed by atoms with E-state index in [1.807, 2.05) is 24.3 Å². The van der Waals surface area contributed by atoms with Crippen LogP contribution in [0.3, 0.4) is 0 Å². The molecule has 0 radical (unpaired) electrons. The molecule has 11 nitrogen and oxygen atoms in total. The van der Waals surface area contributed by atoms with E-state index in [1.165, 1.54) is 8.61 Å². The Morgan fingerprint density at radius 1 is 0.679 bits per heavy atom. The molecular weight excluding hydrogens is 715 g/mol. The smallest absolute Gasteiger partial charge is 0.307 e. The maximum Gasteiger partial charge on any atom is 0.307 e. The molecule has 2 aliphatic heterocycles. The SMILES string of the molecule is COc1cc(C)c(S(=O)(=O)N2CCc3ccc(CC#N)cc3C2)c(C)c1.COc1cc(C)c(S(=O)(=O)N2CCc3ccc(CC(=O)O)cc3C2)c(C)c1. The van der Waals surface area contributed by atoms with Crippen molar-refractivity contribution in [2.24, 2.45) is 0 Å². The number of benzene rings is 4. The molecular formula is C40H45N3O8S2. The molecule has 0 fully saturated rings. The van der Waals surface area contributed by atoms with Crippen LogP contribution in [0.1, 0.15) is 55.6 Å². The van der Waals surface area contributed by atoms with Gasteiger partial charge in [-0.3, -0.25) is 4.79 Å². The van der Waals surface area contributed by atoms with Gasteiger partial charge in [-0.25, -0.2) is 16.8 Å². The number of carbonyl (C=O) groups is 1. The van der Waals surface area contributed by atoms with E-state index >= 15 is 0 Å². The minimum atomic E-state index is -3.67. The zero-order valence-corrected chi connectivity index (χ0v) is 32.5. The van der Waals surface area contributed by atoms with E-state index in [2.05, 4.69) is 6.07 Å². The molecule has 0 bridgehead atoms. The second-order valence-electron chi connectivity index (χ2n) is 13.5. The van der Waals surface area contributed by atoms with Crippen LogP contribution >= 0.6 is 0 Å². The van der Waals surface area contributed by atoms with Gasteiger partial charge in [-0.2, -0.15) is 13.9 Å². The number of methoxy groups -OCH3 is 2. The Morgan fingerprint density at radius 2 is 1.08 bits per heavy atom. The van der Waals surface area contributed by atoms with Gasteiger partial charge in [0, 0.05) is 26.2 Å². The monoisotopic (exact) mass is 759 g/mol. The molecule has 4 aromatic carbocycles. The van der Waals surface area contributed by atoms with Crippen LogP contribution in [0, 0.1) is 39.0 Å². The van der Waals surface area contributed by atoms with Crippen molar-refractivity contribution in [3.8, 4) is 17.6 Å². The van der Waals surface area contributed by atoms with Crippen molar-refractivity contribution in [1.82, 2.24) is 8.61 Å². The highest BCUT2D eigenvalue weighted by Crippen LogP contribution is 2.33. The number of hydrogen-bond acceptors (Lipinski definition) is 8. The normalized spacial score (nSPS) is 14.6. The fraction of sp³-hybridized carbons (Fsp3) is 0.350. The number of carboxylic acids is 1. The van der Waals surface area contributed by atoms with Gasteiger partial charge in [0.1, 0.15) is 11.5 Å². The topological polar surface area (TPSA) is 154 Å². The first-order valence-electron chi connectivity index (χ1n) is 17.2. The minimum absolute atomic E-state index is 0.0727. The summed E-state index contributed by atoms with van der Waals surface area (Å²) >= 11 is 0. The molecule has 0 spiro atoms. The molecule has 2 heterocycles. The summed E-state index contributed by atoms with van der Waals surface area (Å²) < 4.78 is 66.6. The predicted molar refractivity (Wildman–Crippen MR) is 201 cm³/mol. The molecule has 0 unspecified atom stereocenters. The third kappa shape index (κ3) is 8.57. The fourth-order valence-corrected chi connectivity index (χ4v) is 10.9. The Bertz CT molecular complexity index is 2270. The summed E-state index contributed by atoms with van der Waals surface area (Å²) in [4.78, 5) is 11.6. The zero-order chi connectivity index (χ0) is 38.7. The van der Waals surface area contributed by atoms with Crippen molar-refractivity contribution in [2.45, 2.75) is 76.3 Å². The number of carboxylic acid groups (broad SMARTS) is 1. The maximum absolute atomic E-state index is 13.3. The Morgan fingerprint density at radius 3 is 1.45 bits per heavy atom. The molecule has 0 saturated carbocycles. The number of rotatable bonds is 9. The molecule has 53 heavy (non-hydrogen) atoms. The van der Waals surface area contributed by atoms with Crippen molar-refractivity contribution >= 4 is 26.0 Å². The van der Waals surface area contributed by atoms with Crippen LogP contribution in [0.2, 0.25) is 0 Å². The number of hydrogen-bond donors (Lipinski definition) is 1. The van der Waals surface area contributed by atoms with Gasteiger partial charge >= 0.3 is 5.97 Å². The van der Waals surface area contributed by atoms with E-state index in [0.29, 0.717) is 88.0 Å². The Kier molecular flexibility index (Phi) is 12.0. The lowest BCUT2D eigenvalue weighted by molar-refractivity contribution is -0.136. The van der Waals surface area contributed by atoms with Crippen LogP contribution in [-0.4, -0.2) is 63.8 Å². The Labute approximate surface area is 312 Å². The van der Waals surface area contributed by atoms with E-state index in [-0.39, 0.29) is 13.0 Å². The average molecular weight is 760 g/mol. The van der Waals surface area contributed by atoms with Crippen LogP contribution in [0.5, 0.6) is 11.5 Å². The van der Waals surface area contributed by atoms with Crippen LogP contribution in [0.15, 0.2) is 70.5 Å². The molecule has 1 N–H and O–H groups in total. The van der Waals surface area contributed by atoms with Gasteiger partial charge in [0.05, 0.1) is 42.9 Å². The lowest BCUT2D eigenvalue weighted by Crippen LogP contribution is -2.36. The second kappa shape index (κ2) is 16.1. The van der Waals surface area contributed by atoms with Crippen molar-refractivity contribution in [2.75, 3.05) is 27.3 Å². The van der Waals surface area contributed by atoms with Crippen molar-refractivity contribution in [1.29, 1.82) is 5.26 Å². The molecule has 4 aromatic rings. The fourth-order valence-electron chi connectivity index (χ4n) is 7.19. The first kappa shape index (κ1) is 39.5. The molecule has 2 aliphatic rings. The molecule has 0 aromatic heterocycles. The molecule has 13 heteroatoms. The largest absolute Gasteiger partial charge is 0.497 e. The van der Waals surface area contributed by atoms with Crippen molar-refractivity contribution in [3.63, 3.8) is 0 Å². The second-order valence-corrected chi connectivity index (χ2v) is 17.2. The standard InChI is InChI=1S/C20H22N2O3S.C20H23NO5S/c1-14-10-19(25-3)11-15(2)20(14)26(23,24)22-9-7-17-5-4-16(6-8-21)12-18(17)13-22;1-13-8-18(26-3)9-14(2)20(13)27(24,25)21-7-6-16-5-4-15(11-19(22)23)10-17(16)12-21/h4-5,10-12H,6-7,9,13H2,1-3H3;4-5,8-10H,6-7,11-12H2,1-3H3,(H,22,23). The van der Waals surface area contributed by atoms with Crippen LogP contribution in [0.25, 0.3) is 0 Å². The summed E-state index contributed by atoms with van der Waals surface area (Å²) in [5, 5.41) is 17.9. The van der Waals surface area contributed by atoms with E-state index in [4.69, 9.17) is 19.8 Å². The lowest BCUT2D eigenvalue weighted by Gasteiger charge is -2.29. The van der Waals surface area contributed by atoms with Crippen LogP contribution in [-0.2, 0) is 63.6 Å². The predicted octanol–water partition coefficient (Wildman–Crippen LogP) is 5.81. The van der Waals surface area contributed by atoms with E-state index in [0.717, 1.165) is 27.8 Å². The third-order valence-corrected chi connectivity index (χ3v) is 14.0. The highest BCUT2D eigenvalue weighted by atomic mass is 32.2. The van der Waals surface area contributed by atoms with E-state index in [1.54, 1.807) is 78.3 Å². The van der Waals surface area contributed by atoms with Gasteiger partial charge in [0.2, 0.25) is 20.0 Å². The number of aryl methyl sites for hydroxylation is 4. The molecule has 6 rings (SSSR count). The van der Waals surface area contributed by atoms with Gasteiger partial charge in [0.15, 0.2) is 0 Å². The first-order chi connectivity index (χ1) is 25.1. The van der Waals surface area contributed by atoms with Crippen LogP contribution in [0.4, 0.5) is 0 Å². The number of nitrogens with zero attached hydrogens (tertiary/aromatic N) is 3. The summed E-state index contributed by atoms with van der Waals surface area (Å²) in [6, 6.07) is 20.5. The lowest BCUT2D eigenvalue weighted by atomic mass is 9.97.